The molecule has 7 aliphatic rings. The molecule has 0 radical (unpaired) electrons. The number of urea groups is 1. The molecule has 7 fully saturated rings. The third-order valence-corrected chi connectivity index (χ3v) is 12.9. The van der Waals surface area contributed by atoms with Gasteiger partial charge in [0.1, 0.15) is 12.1 Å². The summed E-state index contributed by atoms with van der Waals surface area (Å²) in [5.41, 5.74) is -0.323. The number of likely N-dealkylation sites (tertiary alicyclic amines) is 1. The Morgan fingerprint density at radius 2 is 1.62 bits per heavy atom. The van der Waals surface area contributed by atoms with Gasteiger partial charge in [-0.1, -0.05) is 39.2 Å². The third kappa shape index (κ3) is 6.89. The summed E-state index contributed by atoms with van der Waals surface area (Å²) in [5.74, 6) is 2.35. The summed E-state index contributed by atoms with van der Waals surface area (Å²) in [6, 6.07) is -2.84. The van der Waals surface area contributed by atoms with Crippen LogP contribution in [0, 0.1) is 53.3 Å². The highest BCUT2D eigenvalue weighted by Gasteiger charge is 2.70. The predicted octanol–water partition coefficient (Wildman–Crippen LogP) is 3.85. The summed E-state index contributed by atoms with van der Waals surface area (Å²) in [7, 11) is 0. The molecule has 0 aromatic rings. The summed E-state index contributed by atoms with van der Waals surface area (Å²) in [6.45, 7) is 8.54. The number of allylic oxidation sites excluding steroid dienone is 1. The highest BCUT2D eigenvalue weighted by molar-refractivity contribution is 6.38. The molecule has 5 amide bonds. The van der Waals surface area contributed by atoms with Crippen LogP contribution < -0.4 is 21.3 Å². The number of nitrogens with zero attached hydrogens (tertiary/aromatic N) is 1. The molecule has 4 bridgehead atoms. The number of carbonyl (C=O) groups excluding carboxylic acids is 5. The second-order valence-electron chi connectivity index (χ2n) is 16.6. The second-order valence-corrected chi connectivity index (χ2v) is 16.6. The Kier molecular flexibility index (Phi) is 9.98. The number of Topliss-reactive ketones (excluding diaryl/α,β-unsaturated/α-hetero) is 1. The molecule has 4 N–H and O–H groups in total. The maximum absolute atomic E-state index is 14.6. The molecule has 6 aliphatic carbocycles. The van der Waals surface area contributed by atoms with E-state index in [0.29, 0.717) is 30.7 Å². The minimum absolute atomic E-state index is 0.00404. The van der Waals surface area contributed by atoms with Crippen molar-refractivity contribution in [2.45, 2.75) is 127 Å². The van der Waals surface area contributed by atoms with Gasteiger partial charge < -0.3 is 26.2 Å². The standard InChI is InChI=1S/C38H55N5O5/c1-5-7-14-28(32(44)34(46)39-15-8-6-2)40-33(45)31-29-27(37(29,3)4)22-43(31)35(47)30(26-12-10-9-11-13-26)41-36(48)42-38-19-23-16-24(20-38)18-25(17-23)21-38/h2,5,23-31H,1,7-22H2,3-4H3,(H,39,46)(H,40,45)(H2,41,42,48)/t23?,24?,25?,27?,28?,29-,30-,31-,38?/m0/s1. The molecular formula is C38H55N5O5. The minimum atomic E-state index is -1.06. The van der Waals surface area contributed by atoms with Crippen LogP contribution in [0.1, 0.15) is 104 Å². The maximum Gasteiger partial charge on any atom is 0.315 e. The van der Waals surface area contributed by atoms with E-state index in [-0.39, 0.29) is 60.0 Å². The highest BCUT2D eigenvalue weighted by atomic mass is 16.2. The number of piperidine rings is 1. The molecule has 1 aliphatic heterocycles. The van der Waals surface area contributed by atoms with Gasteiger partial charge in [0.25, 0.3) is 5.91 Å². The van der Waals surface area contributed by atoms with Gasteiger partial charge >= 0.3 is 6.03 Å². The minimum Gasteiger partial charge on any atom is -0.348 e. The van der Waals surface area contributed by atoms with E-state index in [1.165, 1.54) is 19.3 Å². The smallest absolute Gasteiger partial charge is 0.315 e. The van der Waals surface area contributed by atoms with E-state index >= 15 is 0 Å². The van der Waals surface area contributed by atoms with E-state index in [1.807, 2.05) is 0 Å². The molecular weight excluding hydrogens is 606 g/mol. The lowest BCUT2D eigenvalue weighted by Crippen LogP contribution is -2.64. The highest BCUT2D eigenvalue weighted by Crippen LogP contribution is 2.65. The fraction of sp³-hybridized carbons (Fsp3) is 0.763. The van der Waals surface area contributed by atoms with E-state index in [4.69, 9.17) is 6.42 Å². The molecule has 2 unspecified atom stereocenters. The van der Waals surface area contributed by atoms with Crippen LogP contribution in [0.3, 0.4) is 0 Å². The Balaban J connectivity index is 1.18. The van der Waals surface area contributed by atoms with Crippen LogP contribution in [0.25, 0.3) is 0 Å². The number of hydrogen-bond donors (Lipinski definition) is 4. The molecule has 0 aromatic heterocycles. The fourth-order valence-electron chi connectivity index (χ4n) is 10.8. The van der Waals surface area contributed by atoms with Crippen molar-refractivity contribution in [2.24, 2.45) is 40.9 Å². The average molecular weight is 662 g/mol. The van der Waals surface area contributed by atoms with Gasteiger partial charge in [0, 0.05) is 25.0 Å². The molecule has 1 heterocycles. The first-order chi connectivity index (χ1) is 23.0. The van der Waals surface area contributed by atoms with Crippen molar-refractivity contribution in [3.8, 4) is 12.3 Å². The van der Waals surface area contributed by atoms with Crippen molar-refractivity contribution in [2.75, 3.05) is 13.1 Å². The number of terminal acetylenes is 1. The summed E-state index contributed by atoms with van der Waals surface area (Å²) >= 11 is 0. The number of carbonyl (C=O) groups is 5. The lowest BCUT2D eigenvalue weighted by Gasteiger charge is -2.56. The Morgan fingerprint density at radius 1 is 0.979 bits per heavy atom. The molecule has 6 saturated carbocycles. The molecule has 7 rings (SSSR count). The van der Waals surface area contributed by atoms with Crippen LogP contribution in [0.15, 0.2) is 12.7 Å². The zero-order valence-electron chi connectivity index (χ0n) is 28.9. The third-order valence-electron chi connectivity index (χ3n) is 12.9. The number of amides is 5. The van der Waals surface area contributed by atoms with Crippen LogP contribution in [0.4, 0.5) is 4.79 Å². The largest absolute Gasteiger partial charge is 0.348 e. The monoisotopic (exact) mass is 661 g/mol. The number of hydrogen-bond acceptors (Lipinski definition) is 5. The molecule has 10 heteroatoms. The van der Waals surface area contributed by atoms with Gasteiger partial charge in [-0.3, -0.25) is 19.2 Å². The van der Waals surface area contributed by atoms with Gasteiger partial charge in [0.15, 0.2) is 0 Å². The Labute approximate surface area is 285 Å². The second kappa shape index (κ2) is 13.9. The lowest BCUT2D eigenvalue weighted by atomic mass is 9.53. The normalized spacial score (nSPS) is 33.8. The SMILES string of the molecule is C#CCCNC(=O)C(=O)C(CCC=C)NC(=O)[C@@H]1[C@@H]2C(CN1C(=O)[C@@H](NC(=O)NC13CC4CC(CC(C4)C1)C3)C1CCCCC1)C2(C)C. The molecule has 262 valence electrons. The van der Waals surface area contributed by atoms with Crippen molar-refractivity contribution >= 4 is 29.5 Å². The van der Waals surface area contributed by atoms with Crippen LogP contribution in [-0.2, 0) is 19.2 Å². The predicted molar refractivity (Wildman–Crippen MR) is 182 cm³/mol. The van der Waals surface area contributed by atoms with E-state index in [2.05, 4.69) is 47.6 Å². The average Bonchev–Trinajstić information content (AvgIpc) is 3.35. The van der Waals surface area contributed by atoms with E-state index in [9.17, 15) is 24.0 Å². The van der Waals surface area contributed by atoms with Gasteiger partial charge in [-0.15, -0.1) is 18.9 Å². The summed E-state index contributed by atoms with van der Waals surface area (Å²) in [6.07, 6.45) is 19.6. The molecule has 0 aromatic carbocycles. The zero-order chi connectivity index (χ0) is 34.2. The van der Waals surface area contributed by atoms with Gasteiger partial charge in [0.2, 0.25) is 17.6 Å². The molecule has 48 heavy (non-hydrogen) atoms. The van der Waals surface area contributed by atoms with Crippen molar-refractivity contribution in [1.29, 1.82) is 0 Å². The first-order valence-electron chi connectivity index (χ1n) is 18.5. The Morgan fingerprint density at radius 3 is 2.23 bits per heavy atom. The summed E-state index contributed by atoms with van der Waals surface area (Å²) in [5, 5.41) is 12.0. The van der Waals surface area contributed by atoms with Gasteiger partial charge in [-0.2, -0.15) is 0 Å². The van der Waals surface area contributed by atoms with Crippen LogP contribution in [0.5, 0.6) is 0 Å². The number of rotatable bonds is 13. The molecule has 0 spiro atoms. The van der Waals surface area contributed by atoms with Crippen LogP contribution in [0.2, 0.25) is 0 Å². The summed E-state index contributed by atoms with van der Waals surface area (Å²) < 4.78 is 0. The van der Waals surface area contributed by atoms with Crippen LogP contribution in [-0.4, -0.2) is 71.2 Å². The van der Waals surface area contributed by atoms with Gasteiger partial charge in [0.05, 0.1) is 6.04 Å². The number of nitrogens with one attached hydrogen (secondary N) is 4. The lowest BCUT2D eigenvalue weighted by molar-refractivity contribution is -0.144. The molecule has 1 saturated heterocycles. The van der Waals surface area contributed by atoms with Crippen molar-refractivity contribution in [3.05, 3.63) is 12.7 Å². The van der Waals surface area contributed by atoms with Gasteiger partial charge in [-0.05, 0) is 105 Å². The van der Waals surface area contributed by atoms with Crippen molar-refractivity contribution in [3.63, 3.8) is 0 Å². The first kappa shape index (κ1) is 34.5. The van der Waals surface area contributed by atoms with Crippen molar-refractivity contribution in [1.82, 2.24) is 26.2 Å². The number of fused-ring (bicyclic) bond motifs is 1. The van der Waals surface area contributed by atoms with Gasteiger partial charge in [-0.25, -0.2) is 4.79 Å². The topological polar surface area (TPSA) is 137 Å². The van der Waals surface area contributed by atoms with Crippen molar-refractivity contribution < 1.29 is 24.0 Å². The Hall–Kier alpha value is -3.35. The molecule has 10 nitrogen and oxygen atoms in total. The first-order valence-corrected chi connectivity index (χ1v) is 18.5. The number of ketones is 1. The Bertz CT molecular complexity index is 1310. The summed E-state index contributed by atoms with van der Waals surface area (Å²) in [4.78, 5) is 70.1. The fourth-order valence-corrected chi connectivity index (χ4v) is 10.8. The maximum atomic E-state index is 14.6. The quantitative estimate of drug-likeness (QED) is 0.103. The van der Waals surface area contributed by atoms with Crippen LogP contribution >= 0.6 is 0 Å². The zero-order valence-corrected chi connectivity index (χ0v) is 28.9. The molecule has 5 atom stereocenters. The van der Waals surface area contributed by atoms with E-state index in [0.717, 1.165) is 51.4 Å². The van der Waals surface area contributed by atoms with E-state index in [1.54, 1.807) is 11.0 Å². The van der Waals surface area contributed by atoms with E-state index < -0.39 is 35.7 Å².